The molecule has 2 heterocycles. The Hall–Kier alpha value is -4.01. The number of pyridine rings is 1. The van der Waals surface area contributed by atoms with Crippen LogP contribution in [0.5, 0.6) is 5.75 Å². The van der Waals surface area contributed by atoms with Crippen LogP contribution in [0.3, 0.4) is 0 Å². The van der Waals surface area contributed by atoms with E-state index in [9.17, 15) is 13.6 Å². The Bertz CT molecular complexity index is 1280. The van der Waals surface area contributed by atoms with Gasteiger partial charge in [0.15, 0.2) is 0 Å². The van der Waals surface area contributed by atoms with Gasteiger partial charge in [0.25, 0.3) is 11.8 Å². The fraction of sp³-hybridized carbons (Fsp3) is 0.0952. The Morgan fingerprint density at radius 2 is 2.00 bits per heavy atom. The molecule has 0 spiro atoms. The number of anilines is 2. The third kappa shape index (κ3) is 4.52. The third-order valence-electron chi connectivity index (χ3n) is 4.25. The van der Waals surface area contributed by atoms with E-state index in [-0.39, 0.29) is 23.1 Å². The van der Waals surface area contributed by atoms with E-state index in [0.29, 0.717) is 11.3 Å². The summed E-state index contributed by atoms with van der Waals surface area (Å²) < 4.78 is 34.3. The maximum Gasteiger partial charge on any atom is 0.387 e. The molecule has 0 aliphatic rings. The number of rotatable bonds is 6. The zero-order valence-electron chi connectivity index (χ0n) is 15.7. The second-order valence-corrected chi connectivity index (χ2v) is 6.44. The van der Waals surface area contributed by atoms with Crippen molar-refractivity contribution in [2.24, 2.45) is 0 Å². The van der Waals surface area contributed by atoms with Crippen LogP contribution in [0.4, 0.5) is 20.4 Å². The van der Waals surface area contributed by atoms with Crippen LogP contribution < -0.4 is 15.6 Å². The molecule has 152 valence electrons. The third-order valence-corrected chi connectivity index (χ3v) is 4.25. The number of alkyl halides is 2. The number of H-pyrrole nitrogens is 1. The number of ether oxygens (including phenoxy) is 1. The normalized spacial score (nSPS) is 11.5. The van der Waals surface area contributed by atoms with E-state index in [1.165, 1.54) is 12.1 Å². The van der Waals surface area contributed by atoms with Gasteiger partial charge in [0, 0.05) is 23.3 Å². The number of hydrogen-bond donors (Lipinski definition) is 2. The SMILES string of the molecule is Cc1cc(Nc2noc(/C=C/c3ccc4[nH]c(=O)ccc4c3)n2)ccc1OC(F)F. The molecule has 4 rings (SSSR count). The highest BCUT2D eigenvalue weighted by molar-refractivity contribution is 5.82. The maximum atomic E-state index is 12.3. The molecule has 0 aliphatic carbocycles. The van der Waals surface area contributed by atoms with Crippen molar-refractivity contribution < 1.29 is 18.0 Å². The van der Waals surface area contributed by atoms with Crippen molar-refractivity contribution in [3.63, 3.8) is 0 Å². The minimum Gasteiger partial charge on any atom is -0.435 e. The van der Waals surface area contributed by atoms with E-state index in [1.807, 2.05) is 24.3 Å². The lowest BCUT2D eigenvalue weighted by Crippen LogP contribution is -2.03. The fourth-order valence-electron chi connectivity index (χ4n) is 2.88. The molecule has 0 bridgehead atoms. The van der Waals surface area contributed by atoms with Gasteiger partial charge in [-0.3, -0.25) is 4.79 Å². The number of aromatic amines is 1. The van der Waals surface area contributed by atoms with Crippen LogP contribution in [-0.2, 0) is 0 Å². The summed E-state index contributed by atoms with van der Waals surface area (Å²) in [5.41, 5.74) is 2.65. The van der Waals surface area contributed by atoms with Gasteiger partial charge in [-0.2, -0.15) is 13.8 Å². The molecular weight excluding hydrogens is 394 g/mol. The van der Waals surface area contributed by atoms with E-state index in [0.717, 1.165) is 16.5 Å². The largest absolute Gasteiger partial charge is 0.435 e. The Morgan fingerprint density at radius 1 is 1.13 bits per heavy atom. The minimum absolute atomic E-state index is 0.103. The standard InChI is InChI=1S/C21H16F2N4O3/c1-12-10-15(5-7-17(12)29-20(22)23)24-21-26-19(30-27-21)9-3-13-2-6-16-14(11-13)4-8-18(28)25-16/h2-11,20H,1H3,(H,24,27)(H,25,28)/b9-3+. The predicted molar refractivity (Wildman–Crippen MR) is 109 cm³/mol. The first-order chi connectivity index (χ1) is 14.5. The van der Waals surface area contributed by atoms with Crippen molar-refractivity contribution in [2.45, 2.75) is 13.5 Å². The predicted octanol–water partition coefficient (Wildman–Crippen LogP) is 4.73. The van der Waals surface area contributed by atoms with E-state index in [4.69, 9.17) is 4.52 Å². The molecule has 7 nitrogen and oxygen atoms in total. The summed E-state index contributed by atoms with van der Waals surface area (Å²) in [5, 5.41) is 7.69. The van der Waals surface area contributed by atoms with Gasteiger partial charge in [0.05, 0.1) is 0 Å². The molecule has 0 amide bonds. The lowest BCUT2D eigenvalue weighted by Gasteiger charge is -2.09. The highest BCUT2D eigenvalue weighted by Gasteiger charge is 2.09. The molecule has 0 saturated heterocycles. The molecule has 2 aromatic heterocycles. The number of halogens is 2. The summed E-state index contributed by atoms with van der Waals surface area (Å²) in [4.78, 5) is 18.3. The van der Waals surface area contributed by atoms with Crippen LogP contribution in [0.1, 0.15) is 17.0 Å². The van der Waals surface area contributed by atoms with E-state index < -0.39 is 6.61 Å². The van der Waals surface area contributed by atoms with Gasteiger partial charge in [-0.15, -0.1) is 0 Å². The van der Waals surface area contributed by atoms with E-state index >= 15 is 0 Å². The maximum absolute atomic E-state index is 12.3. The van der Waals surface area contributed by atoms with Gasteiger partial charge in [-0.1, -0.05) is 6.07 Å². The van der Waals surface area contributed by atoms with Crippen molar-refractivity contribution in [3.8, 4) is 5.75 Å². The van der Waals surface area contributed by atoms with Crippen LogP contribution in [0.15, 0.2) is 57.8 Å². The van der Waals surface area contributed by atoms with Crippen molar-refractivity contribution in [2.75, 3.05) is 5.32 Å². The van der Waals surface area contributed by atoms with Crippen LogP contribution in [-0.4, -0.2) is 21.7 Å². The molecule has 2 N–H and O–H groups in total. The number of nitrogens with one attached hydrogen (secondary N) is 2. The number of aromatic nitrogens is 3. The Morgan fingerprint density at radius 3 is 2.80 bits per heavy atom. The van der Waals surface area contributed by atoms with Crippen molar-refractivity contribution >= 4 is 34.7 Å². The van der Waals surface area contributed by atoms with Gasteiger partial charge in [-0.25, -0.2) is 0 Å². The number of aryl methyl sites for hydroxylation is 1. The van der Waals surface area contributed by atoms with Crippen LogP contribution >= 0.6 is 0 Å². The second-order valence-electron chi connectivity index (χ2n) is 6.44. The van der Waals surface area contributed by atoms with Crippen molar-refractivity contribution in [1.82, 2.24) is 15.1 Å². The zero-order chi connectivity index (χ0) is 21.1. The molecule has 4 aromatic rings. The fourth-order valence-corrected chi connectivity index (χ4v) is 2.88. The van der Waals surface area contributed by atoms with E-state index in [1.54, 1.807) is 31.2 Å². The highest BCUT2D eigenvalue weighted by atomic mass is 19.3. The Labute approximate surface area is 169 Å². The number of benzene rings is 2. The number of fused-ring (bicyclic) bond motifs is 1. The van der Waals surface area contributed by atoms with Gasteiger partial charge >= 0.3 is 6.61 Å². The molecule has 0 unspecified atom stereocenters. The lowest BCUT2D eigenvalue weighted by atomic mass is 10.1. The first-order valence-electron chi connectivity index (χ1n) is 8.94. The van der Waals surface area contributed by atoms with Crippen LogP contribution in [0.25, 0.3) is 23.1 Å². The average Bonchev–Trinajstić information content (AvgIpc) is 3.15. The molecule has 0 saturated carbocycles. The summed E-state index contributed by atoms with van der Waals surface area (Å²) >= 11 is 0. The molecule has 9 heteroatoms. The Kier molecular flexibility index (Phi) is 5.25. The van der Waals surface area contributed by atoms with Crippen molar-refractivity contribution in [1.29, 1.82) is 0 Å². The summed E-state index contributed by atoms with van der Waals surface area (Å²) in [5.74, 6) is 0.618. The second kappa shape index (κ2) is 8.16. The molecule has 0 aliphatic heterocycles. The monoisotopic (exact) mass is 410 g/mol. The highest BCUT2D eigenvalue weighted by Crippen LogP contribution is 2.25. The smallest absolute Gasteiger partial charge is 0.387 e. The minimum atomic E-state index is -2.88. The molecule has 0 radical (unpaired) electrons. The average molecular weight is 410 g/mol. The molecule has 2 aromatic carbocycles. The van der Waals surface area contributed by atoms with Crippen LogP contribution in [0.2, 0.25) is 0 Å². The molecule has 0 fully saturated rings. The molecule has 30 heavy (non-hydrogen) atoms. The van der Waals surface area contributed by atoms with Gasteiger partial charge < -0.3 is 19.6 Å². The Balaban J connectivity index is 1.46. The molecule has 0 atom stereocenters. The van der Waals surface area contributed by atoms with Gasteiger partial charge in [-0.05, 0) is 71.1 Å². The number of nitrogens with zero attached hydrogens (tertiary/aromatic N) is 2. The van der Waals surface area contributed by atoms with Gasteiger partial charge in [0.1, 0.15) is 5.75 Å². The zero-order valence-corrected chi connectivity index (χ0v) is 15.7. The molecular formula is C21H16F2N4O3. The summed E-state index contributed by atoms with van der Waals surface area (Å²) in [7, 11) is 0. The van der Waals surface area contributed by atoms with E-state index in [2.05, 4.69) is 25.2 Å². The quantitative estimate of drug-likeness (QED) is 0.477. The van der Waals surface area contributed by atoms with Crippen molar-refractivity contribution in [3.05, 3.63) is 75.9 Å². The summed E-state index contributed by atoms with van der Waals surface area (Å²) in [6.45, 7) is -1.22. The van der Waals surface area contributed by atoms with Crippen LogP contribution in [0, 0.1) is 6.92 Å². The first kappa shape index (κ1) is 19.3. The first-order valence-corrected chi connectivity index (χ1v) is 8.94. The lowest BCUT2D eigenvalue weighted by molar-refractivity contribution is -0.0502. The topological polar surface area (TPSA) is 93.0 Å². The summed E-state index contributed by atoms with van der Waals surface area (Å²) in [6.07, 6.45) is 3.47. The summed E-state index contributed by atoms with van der Waals surface area (Å²) in [6, 6.07) is 13.5. The van der Waals surface area contributed by atoms with Gasteiger partial charge in [0.2, 0.25) is 5.56 Å². The number of hydrogen-bond acceptors (Lipinski definition) is 6.